The predicted molar refractivity (Wildman–Crippen MR) is 99.2 cm³/mol. The monoisotopic (exact) mass is 417 g/mol. The fourth-order valence-corrected chi connectivity index (χ4v) is 3.37. The van der Waals surface area contributed by atoms with Crippen molar-refractivity contribution >= 4 is 39.9 Å². The number of hydrogen-bond acceptors (Lipinski definition) is 3. The van der Waals surface area contributed by atoms with E-state index in [1.54, 1.807) is 0 Å². The van der Waals surface area contributed by atoms with Crippen LogP contribution < -0.4 is 5.32 Å². The van der Waals surface area contributed by atoms with E-state index in [2.05, 4.69) is 71.1 Å². The first kappa shape index (κ1) is 16.5. The fourth-order valence-electron chi connectivity index (χ4n) is 2.53. The van der Waals surface area contributed by atoms with Crippen molar-refractivity contribution in [1.29, 1.82) is 0 Å². The van der Waals surface area contributed by atoms with Crippen LogP contribution >= 0.6 is 34.2 Å². The third kappa shape index (κ3) is 4.30. The van der Waals surface area contributed by atoms with Crippen molar-refractivity contribution in [3.05, 3.63) is 51.0 Å². The van der Waals surface area contributed by atoms with E-state index in [1.807, 2.05) is 24.3 Å². The summed E-state index contributed by atoms with van der Waals surface area (Å²) in [6.07, 6.45) is 6.61. The maximum absolute atomic E-state index is 5.90. The molecule has 21 heavy (non-hydrogen) atoms. The second kappa shape index (κ2) is 7.40. The Labute approximate surface area is 145 Å². The van der Waals surface area contributed by atoms with Gasteiger partial charge in [-0.1, -0.05) is 24.6 Å². The molecule has 5 heteroatoms. The Morgan fingerprint density at radius 2 is 2.14 bits per heavy atom. The summed E-state index contributed by atoms with van der Waals surface area (Å²) in [7, 11) is 2.09. The highest BCUT2D eigenvalue weighted by molar-refractivity contribution is 14.1. The molecule has 1 N–H and O–H groups in total. The first-order valence-electron chi connectivity index (χ1n) is 7.12. The Morgan fingerprint density at radius 3 is 2.76 bits per heavy atom. The van der Waals surface area contributed by atoms with Gasteiger partial charge in [0.2, 0.25) is 0 Å². The molecule has 0 aliphatic carbocycles. The number of benzene rings is 1. The minimum absolute atomic E-state index is 0.515. The zero-order chi connectivity index (χ0) is 15.4. The highest BCUT2D eigenvalue weighted by atomic mass is 127. The molecular weight excluding hydrogens is 397 g/mol. The zero-order valence-electron chi connectivity index (χ0n) is 12.6. The molecule has 1 heterocycles. The lowest BCUT2D eigenvalue weighted by Crippen LogP contribution is -2.38. The number of anilines is 1. The van der Waals surface area contributed by atoms with Gasteiger partial charge >= 0.3 is 0 Å². The van der Waals surface area contributed by atoms with Crippen LogP contribution in [0.5, 0.6) is 0 Å². The number of allylic oxidation sites excluding steroid dienone is 1. The van der Waals surface area contributed by atoms with Crippen molar-refractivity contribution in [2.24, 2.45) is 0 Å². The van der Waals surface area contributed by atoms with Crippen molar-refractivity contribution in [3.8, 4) is 0 Å². The van der Waals surface area contributed by atoms with Crippen LogP contribution in [0, 0.1) is 0 Å². The summed E-state index contributed by atoms with van der Waals surface area (Å²) in [4.78, 5) is 0. The van der Waals surface area contributed by atoms with Crippen LogP contribution in [0.25, 0.3) is 0 Å². The van der Waals surface area contributed by atoms with E-state index in [4.69, 9.17) is 11.6 Å². The summed E-state index contributed by atoms with van der Waals surface area (Å²) >= 11 is 8.21. The van der Waals surface area contributed by atoms with Gasteiger partial charge in [-0.05, 0) is 66.6 Å². The van der Waals surface area contributed by atoms with Crippen LogP contribution in [0.1, 0.15) is 26.7 Å². The molecule has 0 aromatic heterocycles. The molecule has 3 nitrogen and oxygen atoms in total. The average Bonchev–Trinajstić information content (AvgIpc) is 2.82. The summed E-state index contributed by atoms with van der Waals surface area (Å²) in [5, 5.41) is 8.64. The molecular formula is C16H21ClIN3. The Balaban J connectivity index is 2.04. The van der Waals surface area contributed by atoms with Gasteiger partial charge in [0, 0.05) is 23.5 Å². The number of hydrogen-bond donors (Lipinski definition) is 1. The molecule has 0 spiro atoms. The third-order valence-electron chi connectivity index (χ3n) is 3.52. The van der Waals surface area contributed by atoms with Crippen LogP contribution in [0.15, 0.2) is 45.9 Å². The summed E-state index contributed by atoms with van der Waals surface area (Å²) < 4.78 is 1.06. The molecule has 0 saturated heterocycles. The molecule has 0 bridgehead atoms. The van der Waals surface area contributed by atoms with Crippen LogP contribution in [0.4, 0.5) is 5.69 Å². The lowest BCUT2D eigenvalue weighted by molar-refractivity contribution is 0.0592. The van der Waals surface area contributed by atoms with Crippen molar-refractivity contribution in [2.75, 3.05) is 12.4 Å². The van der Waals surface area contributed by atoms with Crippen molar-refractivity contribution in [2.45, 2.75) is 32.7 Å². The molecule has 1 aliphatic heterocycles. The van der Waals surface area contributed by atoms with Gasteiger partial charge in [0.05, 0.1) is 15.9 Å². The molecule has 1 unspecified atom stereocenters. The van der Waals surface area contributed by atoms with Gasteiger partial charge in [0.25, 0.3) is 0 Å². The number of hydrazine groups is 1. The SMILES string of the molecule is CCC1=CCC(C)N1N(C)/C=C(/I)Nc1ccc(Cl)cc1. The Bertz CT molecular complexity index is 539. The number of halogens is 2. The van der Waals surface area contributed by atoms with E-state index < -0.39 is 0 Å². The Kier molecular flexibility index (Phi) is 5.81. The second-order valence-electron chi connectivity index (χ2n) is 5.16. The Hall–Kier alpha value is -0.880. The van der Waals surface area contributed by atoms with E-state index in [-0.39, 0.29) is 0 Å². The zero-order valence-corrected chi connectivity index (χ0v) is 15.5. The van der Waals surface area contributed by atoms with Crippen molar-refractivity contribution < 1.29 is 0 Å². The molecule has 1 atom stereocenters. The van der Waals surface area contributed by atoms with Gasteiger partial charge in [-0.3, -0.25) is 10.0 Å². The molecule has 114 valence electrons. The van der Waals surface area contributed by atoms with Gasteiger partial charge in [0.15, 0.2) is 0 Å². The lowest BCUT2D eigenvalue weighted by Gasteiger charge is -2.35. The quantitative estimate of drug-likeness (QED) is 0.523. The van der Waals surface area contributed by atoms with Crippen molar-refractivity contribution in [1.82, 2.24) is 10.0 Å². The minimum Gasteiger partial charge on any atom is -0.349 e. The first-order valence-corrected chi connectivity index (χ1v) is 8.58. The molecule has 2 rings (SSSR count). The molecule has 0 fully saturated rings. The van der Waals surface area contributed by atoms with E-state index in [0.29, 0.717) is 6.04 Å². The largest absolute Gasteiger partial charge is 0.349 e. The van der Waals surface area contributed by atoms with Gasteiger partial charge in [-0.2, -0.15) is 0 Å². The van der Waals surface area contributed by atoms with E-state index in [9.17, 15) is 0 Å². The predicted octanol–water partition coefficient (Wildman–Crippen LogP) is 5.22. The van der Waals surface area contributed by atoms with Crippen LogP contribution in [0.2, 0.25) is 5.02 Å². The number of rotatable bonds is 5. The fraction of sp³-hybridized carbons (Fsp3) is 0.375. The van der Waals surface area contributed by atoms with Gasteiger partial charge in [0.1, 0.15) is 0 Å². The van der Waals surface area contributed by atoms with E-state index in [0.717, 1.165) is 27.3 Å². The minimum atomic E-state index is 0.515. The lowest BCUT2D eigenvalue weighted by atomic mass is 10.3. The molecule has 0 radical (unpaired) electrons. The second-order valence-corrected chi connectivity index (χ2v) is 6.76. The smallest absolute Gasteiger partial charge is 0.0956 e. The molecule has 1 aromatic rings. The van der Waals surface area contributed by atoms with E-state index >= 15 is 0 Å². The standard InChI is InChI=1S/C16H21ClIN3/c1-4-15-10-5-12(2)21(15)20(3)11-16(18)19-14-8-6-13(17)7-9-14/h6-12,19H,4-5H2,1-3H3/b16-11-. The maximum Gasteiger partial charge on any atom is 0.0956 e. The van der Waals surface area contributed by atoms with Gasteiger partial charge in [-0.15, -0.1) is 0 Å². The summed E-state index contributed by atoms with van der Waals surface area (Å²) in [5.41, 5.74) is 2.42. The first-order chi connectivity index (χ1) is 10.0. The van der Waals surface area contributed by atoms with Crippen LogP contribution in [-0.4, -0.2) is 23.1 Å². The van der Waals surface area contributed by atoms with Crippen molar-refractivity contribution in [3.63, 3.8) is 0 Å². The average molecular weight is 418 g/mol. The Morgan fingerprint density at radius 1 is 1.48 bits per heavy atom. The summed E-state index contributed by atoms with van der Waals surface area (Å²) in [6, 6.07) is 8.24. The third-order valence-corrected chi connectivity index (χ3v) is 4.32. The molecule has 1 aliphatic rings. The van der Waals surface area contributed by atoms with E-state index in [1.165, 1.54) is 5.70 Å². The normalized spacial score (nSPS) is 18.7. The molecule has 0 saturated carbocycles. The van der Waals surface area contributed by atoms with Crippen LogP contribution in [0.3, 0.4) is 0 Å². The number of nitrogens with one attached hydrogen (secondary N) is 1. The molecule has 1 aromatic carbocycles. The van der Waals surface area contributed by atoms with Crippen LogP contribution in [-0.2, 0) is 0 Å². The molecule has 0 amide bonds. The van der Waals surface area contributed by atoms with Gasteiger partial charge in [-0.25, -0.2) is 0 Å². The topological polar surface area (TPSA) is 18.5 Å². The number of nitrogens with zero attached hydrogens (tertiary/aromatic N) is 2. The highest BCUT2D eigenvalue weighted by Crippen LogP contribution is 2.26. The van der Waals surface area contributed by atoms with Gasteiger partial charge < -0.3 is 5.32 Å². The highest BCUT2D eigenvalue weighted by Gasteiger charge is 2.23. The summed E-state index contributed by atoms with van der Waals surface area (Å²) in [6.45, 7) is 4.45. The maximum atomic E-state index is 5.90. The summed E-state index contributed by atoms with van der Waals surface area (Å²) in [5.74, 6) is 0.